The molecule has 0 aliphatic rings. The predicted octanol–water partition coefficient (Wildman–Crippen LogP) is 3.10. The maximum Gasteiger partial charge on any atom is 0.157 e. The van der Waals surface area contributed by atoms with E-state index >= 15 is 0 Å². The molecule has 0 aliphatic carbocycles. The fraction of sp³-hybridized carbons (Fsp3) is 0.231. The molecule has 1 N–H and O–H groups in total. The van der Waals surface area contributed by atoms with Crippen LogP contribution in [0.25, 0.3) is 0 Å². The third-order valence-electron chi connectivity index (χ3n) is 2.64. The van der Waals surface area contributed by atoms with E-state index in [2.05, 4.69) is 25.9 Å². The van der Waals surface area contributed by atoms with Gasteiger partial charge in [-0.1, -0.05) is 0 Å². The second-order valence-electron chi connectivity index (χ2n) is 4.16. The average Bonchev–Trinajstić information content (AvgIpc) is 2.40. The van der Waals surface area contributed by atoms with Crippen molar-refractivity contribution in [1.29, 1.82) is 0 Å². The summed E-state index contributed by atoms with van der Waals surface area (Å²) in [5, 5.41) is 9.93. The van der Waals surface area contributed by atoms with Crippen LogP contribution in [0.5, 0.6) is 0 Å². The van der Waals surface area contributed by atoms with Crippen LogP contribution in [0.4, 0.5) is 8.78 Å². The third-order valence-corrected chi connectivity index (χ3v) is 3.25. The number of nitrogens with zero attached hydrogens (tertiary/aromatic N) is 2. The van der Waals surface area contributed by atoms with Gasteiger partial charge in [-0.25, -0.2) is 18.7 Å². The third kappa shape index (κ3) is 3.13. The largest absolute Gasteiger partial charge is 0.385 e. The average molecular weight is 329 g/mol. The molecule has 0 radical (unpaired) electrons. The predicted molar refractivity (Wildman–Crippen MR) is 69.5 cm³/mol. The Labute approximate surface area is 117 Å². The van der Waals surface area contributed by atoms with Gasteiger partial charge >= 0.3 is 0 Å². The topological polar surface area (TPSA) is 46.0 Å². The first-order valence-corrected chi connectivity index (χ1v) is 6.37. The van der Waals surface area contributed by atoms with Crippen molar-refractivity contribution in [3.8, 4) is 0 Å². The lowest BCUT2D eigenvalue weighted by Gasteiger charge is -2.11. The van der Waals surface area contributed by atoms with Crippen molar-refractivity contribution >= 4 is 15.9 Å². The van der Waals surface area contributed by atoms with Gasteiger partial charge in [0.25, 0.3) is 0 Å². The lowest BCUT2D eigenvalue weighted by molar-refractivity contribution is 0.165. The van der Waals surface area contributed by atoms with Crippen LogP contribution in [0.15, 0.2) is 29.0 Å². The van der Waals surface area contributed by atoms with E-state index in [9.17, 15) is 13.9 Å². The summed E-state index contributed by atoms with van der Waals surface area (Å²) in [6, 6.07) is 2.42. The summed E-state index contributed by atoms with van der Waals surface area (Å²) in [7, 11) is 0. The van der Waals surface area contributed by atoms with Gasteiger partial charge in [0.1, 0.15) is 17.7 Å². The van der Waals surface area contributed by atoms with E-state index in [0.717, 1.165) is 11.6 Å². The van der Waals surface area contributed by atoms with Gasteiger partial charge in [-0.2, -0.15) is 0 Å². The van der Waals surface area contributed by atoms with Gasteiger partial charge in [-0.05, 0) is 40.5 Å². The van der Waals surface area contributed by atoms with Gasteiger partial charge < -0.3 is 5.11 Å². The molecule has 1 heterocycles. The number of aliphatic hydroxyl groups is 1. The monoisotopic (exact) mass is 328 g/mol. The molecule has 3 nitrogen and oxygen atoms in total. The summed E-state index contributed by atoms with van der Waals surface area (Å²) in [5.74, 6) is -1.28. The number of aliphatic hydroxyl groups excluding tert-OH is 1. The van der Waals surface area contributed by atoms with E-state index in [-0.39, 0.29) is 22.3 Å². The van der Waals surface area contributed by atoms with Crippen molar-refractivity contribution in [2.75, 3.05) is 0 Å². The fourth-order valence-electron chi connectivity index (χ4n) is 1.62. The number of benzene rings is 1. The lowest BCUT2D eigenvalue weighted by atomic mass is 10.1. The molecule has 0 fully saturated rings. The van der Waals surface area contributed by atoms with Crippen LogP contribution in [-0.4, -0.2) is 15.1 Å². The van der Waals surface area contributed by atoms with E-state index in [1.165, 1.54) is 6.07 Å². The summed E-state index contributed by atoms with van der Waals surface area (Å²) in [6.45, 7) is 1.81. The van der Waals surface area contributed by atoms with E-state index in [4.69, 9.17) is 0 Å². The first-order valence-electron chi connectivity index (χ1n) is 5.58. The molecule has 0 bridgehead atoms. The van der Waals surface area contributed by atoms with Crippen molar-refractivity contribution in [3.05, 3.63) is 57.6 Å². The highest BCUT2D eigenvalue weighted by Gasteiger charge is 2.19. The van der Waals surface area contributed by atoms with Crippen LogP contribution in [-0.2, 0) is 6.42 Å². The van der Waals surface area contributed by atoms with Crippen molar-refractivity contribution in [2.24, 2.45) is 0 Å². The molecule has 1 unspecified atom stereocenters. The molecule has 0 saturated heterocycles. The SMILES string of the molecule is Cc1cnc(C(O)Cc2c(F)ccc(Br)c2F)nc1. The first kappa shape index (κ1) is 14.0. The van der Waals surface area contributed by atoms with Crippen molar-refractivity contribution in [2.45, 2.75) is 19.4 Å². The molecule has 0 amide bonds. The van der Waals surface area contributed by atoms with Crippen LogP contribution in [0.1, 0.15) is 23.1 Å². The van der Waals surface area contributed by atoms with E-state index in [0.29, 0.717) is 0 Å². The molecule has 0 spiro atoms. The molecule has 2 aromatic rings. The standard InChI is InChI=1S/C13H11BrF2N2O/c1-7-5-17-13(18-6-7)11(19)4-8-10(15)3-2-9(14)12(8)16/h2-3,5-6,11,19H,4H2,1H3. The second-order valence-corrected chi connectivity index (χ2v) is 5.01. The normalized spacial score (nSPS) is 12.5. The molecule has 6 heteroatoms. The molecule has 19 heavy (non-hydrogen) atoms. The minimum Gasteiger partial charge on any atom is -0.385 e. The van der Waals surface area contributed by atoms with Gasteiger partial charge in [0.05, 0.1) is 4.47 Å². The zero-order chi connectivity index (χ0) is 14.0. The van der Waals surface area contributed by atoms with Crippen LogP contribution < -0.4 is 0 Å². The Hall–Kier alpha value is -1.40. The lowest BCUT2D eigenvalue weighted by Crippen LogP contribution is -2.09. The maximum atomic E-state index is 13.8. The van der Waals surface area contributed by atoms with Crippen molar-refractivity contribution in [3.63, 3.8) is 0 Å². The molecule has 2 rings (SSSR count). The molecule has 0 aliphatic heterocycles. The Morgan fingerprint density at radius 2 is 1.89 bits per heavy atom. The molecule has 0 saturated carbocycles. The highest BCUT2D eigenvalue weighted by atomic mass is 79.9. The van der Waals surface area contributed by atoms with Crippen LogP contribution >= 0.6 is 15.9 Å². The molecule has 1 aromatic heterocycles. The number of halogens is 3. The molecular formula is C13H11BrF2N2O. The van der Waals surface area contributed by atoms with Crippen molar-refractivity contribution in [1.82, 2.24) is 9.97 Å². The van der Waals surface area contributed by atoms with Gasteiger partial charge in [-0.15, -0.1) is 0 Å². The molecule has 100 valence electrons. The Morgan fingerprint density at radius 1 is 1.26 bits per heavy atom. The van der Waals surface area contributed by atoms with E-state index in [1.807, 2.05) is 6.92 Å². The van der Waals surface area contributed by atoms with Crippen LogP contribution in [0.2, 0.25) is 0 Å². The Balaban J connectivity index is 2.26. The van der Waals surface area contributed by atoms with Crippen LogP contribution in [0.3, 0.4) is 0 Å². The summed E-state index contributed by atoms with van der Waals surface area (Å²) in [4.78, 5) is 7.88. The Bertz CT molecular complexity index is 590. The Kier molecular flexibility index (Phi) is 4.21. The summed E-state index contributed by atoms with van der Waals surface area (Å²) in [6.07, 6.45) is 1.71. The maximum absolute atomic E-state index is 13.8. The van der Waals surface area contributed by atoms with Gasteiger partial charge in [0.15, 0.2) is 5.82 Å². The number of hydrogen-bond donors (Lipinski definition) is 1. The minimum atomic E-state index is -1.15. The zero-order valence-corrected chi connectivity index (χ0v) is 11.7. The Morgan fingerprint density at radius 3 is 2.53 bits per heavy atom. The minimum absolute atomic E-state index is 0.143. The summed E-state index contributed by atoms with van der Waals surface area (Å²) >= 11 is 2.98. The zero-order valence-electron chi connectivity index (χ0n) is 10.1. The van der Waals surface area contributed by atoms with Crippen molar-refractivity contribution < 1.29 is 13.9 Å². The number of aromatic nitrogens is 2. The highest BCUT2D eigenvalue weighted by Crippen LogP contribution is 2.25. The molecule has 1 atom stereocenters. The van der Waals surface area contributed by atoms with E-state index in [1.54, 1.807) is 12.4 Å². The second kappa shape index (κ2) is 5.71. The van der Waals surface area contributed by atoms with Gasteiger partial charge in [-0.3, -0.25) is 0 Å². The number of hydrogen-bond acceptors (Lipinski definition) is 3. The number of aryl methyl sites for hydroxylation is 1. The first-order chi connectivity index (χ1) is 8.99. The fourth-order valence-corrected chi connectivity index (χ4v) is 1.99. The van der Waals surface area contributed by atoms with Gasteiger partial charge in [0, 0.05) is 24.4 Å². The summed E-state index contributed by atoms with van der Waals surface area (Å²) < 4.78 is 27.5. The number of rotatable bonds is 3. The summed E-state index contributed by atoms with van der Waals surface area (Å²) in [5.41, 5.74) is 0.654. The smallest absolute Gasteiger partial charge is 0.157 e. The van der Waals surface area contributed by atoms with Crippen LogP contribution in [0, 0.1) is 18.6 Å². The van der Waals surface area contributed by atoms with Gasteiger partial charge in [0.2, 0.25) is 0 Å². The quantitative estimate of drug-likeness (QED) is 0.880. The molecular weight excluding hydrogens is 318 g/mol. The highest BCUT2D eigenvalue weighted by molar-refractivity contribution is 9.10. The molecule has 1 aromatic carbocycles. The van der Waals surface area contributed by atoms with E-state index < -0.39 is 17.7 Å².